The van der Waals surface area contributed by atoms with Crippen molar-refractivity contribution in [2.75, 3.05) is 13.7 Å². The van der Waals surface area contributed by atoms with E-state index in [9.17, 15) is 15.0 Å². The van der Waals surface area contributed by atoms with Crippen LogP contribution in [0.4, 0.5) is 0 Å². The summed E-state index contributed by atoms with van der Waals surface area (Å²) in [4.78, 5) is 12.6. The predicted octanol–water partition coefficient (Wildman–Crippen LogP) is 4.27. The summed E-state index contributed by atoms with van der Waals surface area (Å²) in [5.41, 5.74) is 2.20. The Bertz CT molecular complexity index is 900. The quantitative estimate of drug-likeness (QED) is 0.427. The molecule has 0 aliphatic carbocycles. The van der Waals surface area contributed by atoms with E-state index in [0.29, 0.717) is 19.4 Å². The van der Waals surface area contributed by atoms with Crippen molar-refractivity contribution in [3.8, 4) is 0 Å². The summed E-state index contributed by atoms with van der Waals surface area (Å²) in [6.07, 6.45) is 17.4. The molecule has 3 aliphatic rings. The first-order valence-corrected chi connectivity index (χ1v) is 13.2. The van der Waals surface area contributed by atoms with E-state index >= 15 is 0 Å². The molecule has 0 fully saturated rings. The van der Waals surface area contributed by atoms with Crippen LogP contribution in [0, 0.1) is 0 Å². The van der Waals surface area contributed by atoms with E-state index < -0.39 is 24.3 Å². The van der Waals surface area contributed by atoms with Gasteiger partial charge in [0.25, 0.3) is 0 Å². The molecule has 7 nitrogen and oxygen atoms in total. The summed E-state index contributed by atoms with van der Waals surface area (Å²) in [5, 5.41) is 21.3. The average Bonchev–Trinajstić information content (AvgIpc) is 2.86. The Morgan fingerprint density at radius 1 is 1.19 bits per heavy atom. The molecule has 3 aliphatic heterocycles. The minimum absolute atomic E-state index is 0.0874. The molecule has 3 heterocycles. The highest BCUT2D eigenvalue weighted by Crippen LogP contribution is 2.24. The minimum atomic E-state index is -1.02. The molecule has 0 aromatic heterocycles. The van der Waals surface area contributed by atoms with Crippen LogP contribution in [0.5, 0.6) is 0 Å². The number of carbonyl (C=O) groups is 1. The van der Waals surface area contributed by atoms with Crippen molar-refractivity contribution in [3.05, 3.63) is 72.4 Å². The summed E-state index contributed by atoms with van der Waals surface area (Å²) in [7, 11) is 1.67. The number of cyclic esters (lactones) is 1. The maximum Gasteiger partial charge on any atom is 0.330 e. The standard InChI is InChI=1S/C30H42O7/c1-21-7-4-11-29-28(34-3)16-14-24(36-29)9-6-12-30(33)37-27(10-5-8-23(31)19-21)26(32)15-13-25-20-22(2)17-18-35-25/h5-6,8,12-17,23-29,31-32H,1,4,7,9-11,18-20H2,2-3H3/b8-5+,12-6-,15-13+/t23-,24-,25-,26+,27+,28+,29-/m1/s1. The van der Waals surface area contributed by atoms with Crippen LogP contribution in [0.25, 0.3) is 0 Å². The van der Waals surface area contributed by atoms with Crippen molar-refractivity contribution >= 4 is 5.97 Å². The molecule has 0 aromatic rings. The Labute approximate surface area is 220 Å². The molecule has 0 spiro atoms. The van der Waals surface area contributed by atoms with Gasteiger partial charge in [-0.2, -0.15) is 0 Å². The molecule has 204 valence electrons. The SMILES string of the molecule is C=C1CCC[C@H]2O[C@@H](C=C[C@@H]2OC)C/C=C\C(=O)O[C@H]([C@@H](O)/C=C/[C@@H]2CC(C)=CCO2)C/C=C/[C@@H](O)C1. The summed E-state index contributed by atoms with van der Waals surface area (Å²) in [6, 6.07) is 0. The molecule has 0 unspecified atom stereocenters. The first kappa shape index (κ1) is 29.3. The predicted molar refractivity (Wildman–Crippen MR) is 143 cm³/mol. The number of aliphatic hydroxyl groups excluding tert-OH is 2. The number of carbonyl (C=O) groups excluding carboxylic acids is 1. The van der Waals surface area contributed by atoms with Gasteiger partial charge in [0.05, 0.1) is 31.0 Å². The molecule has 3 rings (SSSR count). The molecule has 2 N–H and O–H groups in total. The van der Waals surface area contributed by atoms with Crippen LogP contribution in [0.2, 0.25) is 0 Å². The van der Waals surface area contributed by atoms with Crippen molar-refractivity contribution < 1.29 is 34.0 Å². The lowest BCUT2D eigenvalue weighted by Crippen LogP contribution is -2.36. The highest BCUT2D eigenvalue weighted by atomic mass is 16.6. The number of hydrogen-bond acceptors (Lipinski definition) is 7. The monoisotopic (exact) mass is 514 g/mol. The van der Waals surface area contributed by atoms with Crippen molar-refractivity contribution in [1.82, 2.24) is 0 Å². The second kappa shape index (κ2) is 15.2. The van der Waals surface area contributed by atoms with Gasteiger partial charge in [-0.25, -0.2) is 4.79 Å². The molecule has 0 radical (unpaired) electrons. The van der Waals surface area contributed by atoms with Crippen LogP contribution >= 0.6 is 0 Å². The number of hydrogen-bond donors (Lipinski definition) is 2. The second-order valence-electron chi connectivity index (χ2n) is 9.99. The normalized spacial score (nSPS) is 35.2. The Morgan fingerprint density at radius 3 is 2.81 bits per heavy atom. The Morgan fingerprint density at radius 2 is 2.03 bits per heavy atom. The fraction of sp³-hybridized carbons (Fsp3) is 0.567. The largest absolute Gasteiger partial charge is 0.456 e. The highest BCUT2D eigenvalue weighted by molar-refractivity contribution is 5.82. The topological polar surface area (TPSA) is 94.5 Å². The van der Waals surface area contributed by atoms with Crippen molar-refractivity contribution in [2.24, 2.45) is 0 Å². The zero-order valence-electron chi connectivity index (χ0n) is 22.0. The van der Waals surface area contributed by atoms with Crippen molar-refractivity contribution in [2.45, 2.75) is 94.6 Å². The van der Waals surface area contributed by atoms with E-state index in [4.69, 9.17) is 18.9 Å². The minimum Gasteiger partial charge on any atom is -0.456 e. The lowest BCUT2D eigenvalue weighted by atomic mass is 9.98. The molecular weight excluding hydrogens is 472 g/mol. The Hall–Kier alpha value is -2.29. The number of rotatable bonds is 4. The molecule has 0 aromatic carbocycles. The first-order valence-electron chi connectivity index (χ1n) is 13.2. The zero-order chi connectivity index (χ0) is 26.6. The lowest BCUT2D eigenvalue weighted by molar-refractivity contribution is -0.147. The number of ether oxygens (including phenoxy) is 4. The van der Waals surface area contributed by atoms with Gasteiger partial charge in [-0.05, 0) is 45.4 Å². The van der Waals surface area contributed by atoms with E-state index in [-0.39, 0.29) is 30.8 Å². The number of fused-ring (bicyclic) bond motifs is 2. The Balaban J connectivity index is 1.70. The van der Waals surface area contributed by atoms with Gasteiger partial charge < -0.3 is 29.2 Å². The molecule has 0 amide bonds. The number of esters is 1. The van der Waals surface area contributed by atoms with Crippen LogP contribution in [0.1, 0.15) is 51.9 Å². The molecule has 7 atom stereocenters. The molecule has 0 saturated heterocycles. The van der Waals surface area contributed by atoms with Crippen LogP contribution in [0.3, 0.4) is 0 Å². The molecule has 37 heavy (non-hydrogen) atoms. The van der Waals surface area contributed by atoms with Crippen molar-refractivity contribution in [1.29, 1.82) is 0 Å². The summed E-state index contributed by atoms with van der Waals surface area (Å²) in [5.74, 6) is -0.542. The van der Waals surface area contributed by atoms with Gasteiger partial charge >= 0.3 is 5.97 Å². The number of methoxy groups -OCH3 is 1. The van der Waals surface area contributed by atoms with Gasteiger partial charge in [0.15, 0.2) is 0 Å². The van der Waals surface area contributed by atoms with Crippen LogP contribution in [0.15, 0.2) is 72.4 Å². The highest BCUT2D eigenvalue weighted by Gasteiger charge is 2.27. The fourth-order valence-electron chi connectivity index (χ4n) is 4.69. The van der Waals surface area contributed by atoms with Gasteiger partial charge in [-0.1, -0.05) is 66.3 Å². The fourth-order valence-corrected chi connectivity index (χ4v) is 4.69. The van der Waals surface area contributed by atoms with Gasteiger partial charge in [0.2, 0.25) is 0 Å². The van der Waals surface area contributed by atoms with Gasteiger partial charge in [0.1, 0.15) is 18.3 Å². The maximum atomic E-state index is 12.6. The third kappa shape index (κ3) is 10.2. The molecule has 2 bridgehead atoms. The second-order valence-corrected chi connectivity index (χ2v) is 9.99. The average molecular weight is 515 g/mol. The smallest absolute Gasteiger partial charge is 0.330 e. The van der Waals surface area contributed by atoms with Crippen molar-refractivity contribution in [3.63, 3.8) is 0 Å². The van der Waals surface area contributed by atoms with E-state index in [2.05, 4.69) is 13.5 Å². The van der Waals surface area contributed by atoms with E-state index in [1.165, 1.54) is 11.6 Å². The third-order valence-electron chi connectivity index (χ3n) is 6.81. The summed E-state index contributed by atoms with van der Waals surface area (Å²) in [6.45, 7) is 6.71. The molecule has 0 saturated carbocycles. The van der Waals surface area contributed by atoms with Gasteiger partial charge in [-0.15, -0.1) is 0 Å². The molecular formula is C30H42O7. The summed E-state index contributed by atoms with van der Waals surface area (Å²) >= 11 is 0. The van der Waals surface area contributed by atoms with E-state index in [1.807, 2.05) is 24.3 Å². The van der Waals surface area contributed by atoms with Crippen LogP contribution < -0.4 is 0 Å². The van der Waals surface area contributed by atoms with Crippen LogP contribution in [-0.4, -0.2) is 72.6 Å². The third-order valence-corrected chi connectivity index (χ3v) is 6.81. The number of aliphatic hydroxyl groups is 2. The maximum absolute atomic E-state index is 12.6. The molecule has 7 heteroatoms. The van der Waals surface area contributed by atoms with Gasteiger partial charge in [0, 0.05) is 19.6 Å². The van der Waals surface area contributed by atoms with Gasteiger partial charge in [-0.3, -0.25) is 0 Å². The Kier molecular flexibility index (Phi) is 12.0. The lowest BCUT2D eigenvalue weighted by Gasteiger charge is -2.31. The summed E-state index contributed by atoms with van der Waals surface area (Å²) < 4.78 is 23.1. The van der Waals surface area contributed by atoms with E-state index in [1.54, 1.807) is 31.4 Å². The van der Waals surface area contributed by atoms with Crippen LogP contribution in [-0.2, 0) is 23.7 Å². The zero-order valence-corrected chi connectivity index (χ0v) is 22.0. The van der Waals surface area contributed by atoms with E-state index in [0.717, 1.165) is 31.3 Å². The first-order chi connectivity index (χ1) is 17.8.